The predicted octanol–water partition coefficient (Wildman–Crippen LogP) is 3.34. The average Bonchev–Trinajstić information content (AvgIpc) is 2.86. The van der Waals surface area contributed by atoms with Crippen molar-refractivity contribution in [2.75, 3.05) is 19.1 Å². The third kappa shape index (κ3) is 2.31. The Morgan fingerprint density at radius 2 is 2.12 bits per heavy atom. The summed E-state index contributed by atoms with van der Waals surface area (Å²) in [6.07, 6.45) is 0.865. The van der Waals surface area contributed by atoms with Crippen molar-refractivity contribution in [3.05, 3.63) is 40.6 Å². The Bertz CT molecular complexity index is 522. The largest absolute Gasteiger partial charge is 0.495 e. The molecule has 88 valence electrons. The summed E-state index contributed by atoms with van der Waals surface area (Å²) >= 11 is 1.44. The molecule has 1 aromatic heterocycles. The fourth-order valence-corrected chi connectivity index (χ4v) is 2.35. The molecule has 0 aliphatic carbocycles. The van der Waals surface area contributed by atoms with Crippen molar-refractivity contribution in [3.63, 3.8) is 0 Å². The van der Waals surface area contributed by atoms with Gasteiger partial charge < -0.3 is 9.64 Å². The minimum Gasteiger partial charge on any atom is -0.495 e. The number of thiophene rings is 1. The van der Waals surface area contributed by atoms with Crippen LogP contribution in [0.25, 0.3) is 0 Å². The molecule has 1 heterocycles. The molecule has 0 amide bonds. The number of aldehydes is 1. The summed E-state index contributed by atoms with van der Waals surface area (Å²) in [5.41, 5.74) is 1.96. The van der Waals surface area contributed by atoms with E-state index < -0.39 is 0 Å². The Balaban J connectivity index is 2.35. The van der Waals surface area contributed by atoms with Gasteiger partial charge in [-0.25, -0.2) is 0 Å². The standard InChI is InChI=1S/C13H13NO2S/c1-14(10-7-11(8-15)17-9-10)12-5-3-4-6-13(12)16-2/h3-9H,1-2H3. The van der Waals surface area contributed by atoms with Crippen LogP contribution in [0.1, 0.15) is 9.67 Å². The van der Waals surface area contributed by atoms with Crippen molar-refractivity contribution in [2.24, 2.45) is 0 Å². The first-order valence-corrected chi connectivity index (χ1v) is 6.04. The number of benzene rings is 1. The molecule has 1 aromatic carbocycles. The van der Waals surface area contributed by atoms with E-state index in [1.165, 1.54) is 11.3 Å². The third-order valence-electron chi connectivity index (χ3n) is 2.56. The highest BCUT2D eigenvalue weighted by atomic mass is 32.1. The maximum atomic E-state index is 10.7. The van der Waals surface area contributed by atoms with Crippen molar-refractivity contribution in [3.8, 4) is 5.75 Å². The van der Waals surface area contributed by atoms with Gasteiger partial charge in [-0.15, -0.1) is 11.3 Å². The topological polar surface area (TPSA) is 29.5 Å². The predicted molar refractivity (Wildman–Crippen MR) is 70.8 cm³/mol. The van der Waals surface area contributed by atoms with Gasteiger partial charge in [0.15, 0.2) is 6.29 Å². The Kier molecular flexibility index (Phi) is 3.44. The lowest BCUT2D eigenvalue weighted by Crippen LogP contribution is -2.09. The van der Waals surface area contributed by atoms with Crippen LogP contribution < -0.4 is 9.64 Å². The van der Waals surface area contributed by atoms with Crippen LogP contribution in [0.5, 0.6) is 5.75 Å². The fraction of sp³-hybridized carbons (Fsp3) is 0.154. The number of anilines is 2. The highest BCUT2D eigenvalue weighted by Crippen LogP contribution is 2.33. The molecule has 3 nitrogen and oxygen atoms in total. The summed E-state index contributed by atoms with van der Waals surface area (Å²) in [6.45, 7) is 0. The first-order chi connectivity index (χ1) is 8.26. The molecule has 2 rings (SSSR count). The second-order valence-electron chi connectivity index (χ2n) is 3.56. The molecule has 4 heteroatoms. The molecule has 0 saturated carbocycles. The maximum absolute atomic E-state index is 10.7. The van der Waals surface area contributed by atoms with Gasteiger partial charge in [-0.3, -0.25) is 4.79 Å². The highest BCUT2D eigenvalue weighted by molar-refractivity contribution is 7.12. The van der Waals surface area contributed by atoms with Gasteiger partial charge in [0.2, 0.25) is 0 Å². The van der Waals surface area contributed by atoms with Gasteiger partial charge in [0.1, 0.15) is 5.75 Å². The average molecular weight is 247 g/mol. The summed E-state index contributed by atoms with van der Waals surface area (Å²) in [4.78, 5) is 13.4. The van der Waals surface area contributed by atoms with Crippen LogP contribution in [-0.2, 0) is 0 Å². The van der Waals surface area contributed by atoms with Crippen molar-refractivity contribution < 1.29 is 9.53 Å². The molecule has 17 heavy (non-hydrogen) atoms. The normalized spacial score (nSPS) is 10.0. The van der Waals surface area contributed by atoms with E-state index in [-0.39, 0.29) is 0 Å². The van der Waals surface area contributed by atoms with Crippen molar-refractivity contribution in [2.45, 2.75) is 0 Å². The van der Waals surface area contributed by atoms with Crippen LogP contribution in [0.15, 0.2) is 35.7 Å². The number of hydrogen-bond acceptors (Lipinski definition) is 4. The molecule has 0 radical (unpaired) electrons. The minimum absolute atomic E-state index is 0.724. The van der Waals surface area contributed by atoms with Crippen LogP contribution in [0.2, 0.25) is 0 Å². The summed E-state index contributed by atoms with van der Waals surface area (Å²) in [6, 6.07) is 9.65. The van der Waals surface area contributed by atoms with E-state index in [1.807, 2.05) is 47.7 Å². The van der Waals surface area contributed by atoms with Crippen molar-refractivity contribution in [1.29, 1.82) is 0 Å². The molecule has 0 spiro atoms. The van der Waals surface area contributed by atoms with Gasteiger partial charge in [0.25, 0.3) is 0 Å². The second kappa shape index (κ2) is 5.01. The maximum Gasteiger partial charge on any atom is 0.160 e. The number of hydrogen-bond donors (Lipinski definition) is 0. The number of ether oxygens (including phenoxy) is 1. The van der Waals surface area contributed by atoms with E-state index in [1.54, 1.807) is 7.11 Å². The molecule has 2 aromatic rings. The van der Waals surface area contributed by atoms with Crippen LogP contribution in [-0.4, -0.2) is 20.4 Å². The van der Waals surface area contributed by atoms with E-state index in [0.717, 1.165) is 28.3 Å². The van der Waals surface area contributed by atoms with Crippen molar-refractivity contribution in [1.82, 2.24) is 0 Å². The van der Waals surface area contributed by atoms with E-state index >= 15 is 0 Å². The first-order valence-electron chi connectivity index (χ1n) is 5.16. The number of nitrogens with zero attached hydrogens (tertiary/aromatic N) is 1. The zero-order chi connectivity index (χ0) is 12.3. The van der Waals surface area contributed by atoms with Crippen LogP contribution in [0.4, 0.5) is 11.4 Å². The SMILES string of the molecule is COc1ccccc1N(C)c1csc(C=O)c1. The van der Waals surface area contributed by atoms with Gasteiger partial charge >= 0.3 is 0 Å². The number of carbonyl (C=O) groups is 1. The summed E-state index contributed by atoms with van der Waals surface area (Å²) in [5, 5.41) is 1.95. The molecular weight excluding hydrogens is 234 g/mol. The molecule has 0 N–H and O–H groups in total. The Morgan fingerprint density at radius 3 is 2.76 bits per heavy atom. The van der Waals surface area contributed by atoms with Crippen LogP contribution in [0.3, 0.4) is 0 Å². The Morgan fingerprint density at radius 1 is 1.35 bits per heavy atom. The smallest absolute Gasteiger partial charge is 0.160 e. The van der Waals surface area contributed by atoms with E-state index in [9.17, 15) is 4.79 Å². The van der Waals surface area contributed by atoms with E-state index in [0.29, 0.717) is 0 Å². The first kappa shape index (κ1) is 11.7. The lowest BCUT2D eigenvalue weighted by Gasteiger charge is -2.20. The Hall–Kier alpha value is -1.81. The molecule has 0 aliphatic rings. The minimum atomic E-state index is 0.724. The molecule has 0 unspecified atom stereocenters. The lowest BCUT2D eigenvalue weighted by atomic mass is 10.2. The zero-order valence-corrected chi connectivity index (χ0v) is 10.5. The van der Waals surface area contributed by atoms with Gasteiger partial charge in [0.05, 0.1) is 23.4 Å². The third-order valence-corrected chi connectivity index (χ3v) is 3.40. The number of rotatable bonds is 4. The molecule has 0 atom stereocenters. The highest BCUT2D eigenvalue weighted by Gasteiger charge is 2.10. The number of carbonyl (C=O) groups excluding carboxylic acids is 1. The van der Waals surface area contributed by atoms with Crippen molar-refractivity contribution >= 4 is 29.0 Å². The molecular formula is C13H13NO2S. The van der Waals surface area contributed by atoms with Crippen LogP contribution >= 0.6 is 11.3 Å². The van der Waals surface area contributed by atoms with E-state index in [4.69, 9.17) is 4.74 Å². The zero-order valence-electron chi connectivity index (χ0n) is 9.71. The Labute approximate surface area is 104 Å². The molecule has 0 saturated heterocycles. The summed E-state index contributed by atoms with van der Waals surface area (Å²) < 4.78 is 5.31. The fourth-order valence-electron chi connectivity index (χ4n) is 1.63. The molecule has 0 bridgehead atoms. The monoisotopic (exact) mass is 247 g/mol. The van der Waals surface area contributed by atoms with Gasteiger partial charge in [-0.2, -0.15) is 0 Å². The quantitative estimate of drug-likeness (QED) is 0.776. The summed E-state index contributed by atoms with van der Waals surface area (Å²) in [7, 11) is 3.60. The molecule has 0 aliphatic heterocycles. The molecule has 0 fully saturated rings. The van der Waals surface area contributed by atoms with Crippen LogP contribution in [0, 0.1) is 0 Å². The van der Waals surface area contributed by atoms with Gasteiger partial charge in [-0.1, -0.05) is 12.1 Å². The second-order valence-corrected chi connectivity index (χ2v) is 4.50. The number of methoxy groups -OCH3 is 1. The van der Waals surface area contributed by atoms with E-state index in [2.05, 4.69) is 0 Å². The van der Waals surface area contributed by atoms with Gasteiger partial charge in [0, 0.05) is 12.4 Å². The summed E-state index contributed by atoms with van der Waals surface area (Å²) in [5.74, 6) is 0.814. The number of para-hydroxylation sites is 2. The van der Waals surface area contributed by atoms with Gasteiger partial charge in [-0.05, 0) is 18.2 Å². The lowest BCUT2D eigenvalue weighted by molar-refractivity contribution is 0.112.